The standard InChI is InChI=1S/C9H11NO2/c1-12-6-9(11)7-2-4-8(10)5-3-7/h2-5H,6,10H2,1H3. The van der Waals surface area contributed by atoms with E-state index in [4.69, 9.17) is 10.5 Å². The molecule has 1 aromatic carbocycles. The second-order valence-electron chi connectivity index (χ2n) is 2.48. The summed E-state index contributed by atoms with van der Waals surface area (Å²) in [7, 11) is 1.50. The highest BCUT2D eigenvalue weighted by atomic mass is 16.5. The summed E-state index contributed by atoms with van der Waals surface area (Å²) < 4.78 is 4.71. The first-order chi connectivity index (χ1) is 5.74. The molecule has 1 aromatic rings. The molecule has 0 amide bonds. The smallest absolute Gasteiger partial charge is 0.188 e. The highest BCUT2D eigenvalue weighted by Gasteiger charge is 2.03. The average Bonchev–Trinajstić information content (AvgIpc) is 2.06. The molecule has 0 saturated carbocycles. The first-order valence-corrected chi connectivity index (χ1v) is 3.61. The molecule has 0 aliphatic heterocycles. The van der Waals surface area contributed by atoms with Gasteiger partial charge in [-0.1, -0.05) is 0 Å². The maximum Gasteiger partial charge on any atom is 0.188 e. The van der Waals surface area contributed by atoms with Crippen LogP contribution in [0.25, 0.3) is 0 Å². The quantitative estimate of drug-likeness (QED) is 0.539. The van der Waals surface area contributed by atoms with E-state index in [1.165, 1.54) is 7.11 Å². The van der Waals surface area contributed by atoms with Gasteiger partial charge in [0.2, 0.25) is 0 Å². The minimum atomic E-state index is -0.0301. The topological polar surface area (TPSA) is 52.3 Å². The Morgan fingerprint density at radius 3 is 2.50 bits per heavy atom. The maximum atomic E-state index is 11.2. The molecule has 0 aliphatic carbocycles. The Labute approximate surface area is 71.1 Å². The number of carbonyl (C=O) groups excluding carboxylic acids is 1. The fourth-order valence-electron chi connectivity index (χ4n) is 0.883. The number of Topliss-reactive ketones (excluding diaryl/α,β-unsaturated/α-hetero) is 1. The summed E-state index contributed by atoms with van der Waals surface area (Å²) >= 11 is 0. The Bertz CT molecular complexity index is 266. The van der Waals surface area contributed by atoms with E-state index in [2.05, 4.69) is 0 Å². The zero-order chi connectivity index (χ0) is 8.97. The van der Waals surface area contributed by atoms with Gasteiger partial charge in [0, 0.05) is 18.4 Å². The van der Waals surface area contributed by atoms with Crippen LogP contribution in [0, 0.1) is 0 Å². The van der Waals surface area contributed by atoms with E-state index >= 15 is 0 Å². The van der Waals surface area contributed by atoms with Gasteiger partial charge in [0.15, 0.2) is 5.78 Å². The van der Waals surface area contributed by atoms with Gasteiger partial charge in [0.05, 0.1) is 0 Å². The minimum absolute atomic E-state index is 0.0301. The molecule has 0 aliphatic rings. The van der Waals surface area contributed by atoms with Crippen molar-refractivity contribution in [2.75, 3.05) is 19.5 Å². The van der Waals surface area contributed by atoms with Crippen molar-refractivity contribution in [1.82, 2.24) is 0 Å². The molecule has 0 saturated heterocycles. The number of ether oxygens (including phenoxy) is 1. The number of benzene rings is 1. The first kappa shape index (κ1) is 8.74. The summed E-state index contributed by atoms with van der Waals surface area (Å²) in [5, 5.41) is 0. The van der Waals surface area contributed by atoms with E-state index in [1.54, 1.807) is 24.3 Å². The summed E-state index contributed by atoms with van der Waals surface area (Å²) in [5.41, 5.74) is 6.75. The van der Waals surface area contributed by atoms with Gasteiger partial charge in [-0.3, -0.25) is 4.79 Å². The van der Waals surface area contributed by atoms with Gasteiger partial charge in [-0.25, -0.2) is 0 Å². The first-order valence-electron chi connectivity index (χ1n) is 3.61. The molecule has 0 unspecified atom stereocenters. The van der Waals surface area contributed by atoms with Crippen LogP contribution in [0.4, 0.5) is 5.69 Å². The lowest BCUT2D eigenvalue weighted by molar-refractivity contribution is 0.0848. The second-order valence-corrected chi connectivity index (χ2v) is 2.48. The number of nitrogens with two attached hydrogens (primary N) is 1. The lowest BCUT2D eigenvalue weighted by Gasteiger charge is -1.99. The van der Waals surface area contributed by atoms with E-state index in [0.29, 0.717) is 11.3 Å². The highest BCUT2D eigenvalue weighted by Crippen LogP contribution is 2.05. The molecule has 0 bridgehead atoms. The predicted molar refractivity (Wildman–Crippen MR) is 47.1 cm³/mol. The number of carbonyl (C=O) groups is 1. The normalized spacial score (nSPS) is 9.75. The molecular formula is C9H11NO2. The number of anilines is 1. The summed E-state index contributed by atoms with van der Waals surface area (Å²) in [6.07, 6.45) is 0. The Kier molecular flexibility index (Phi) is 2.82. The third-order valence-corrected chi connectivity index (χ3v) is 1.51. The fraction of sp³-hybridized carbons (Fsp3) is 0.222. The van der Waals surface area contributed by atoms with Crippen molar-refractivity contribution in [3.63, 3.8) is 0 Å². The van der Waals surface area contributed by atoms with Crippen molar-refractivity contribution in [1.29, 1.82) is 0 Å². The average molecular weight is 165 g/mol. The van der Waals surface area contributed by atoms with Gasteiger partial charge in [-0.05, 0) is 24.3 Å². The molecule has 0 atom stereocenters. The van der Waals surface area contributed by atoms with Crippen molar-refractivity contribution in [2.24, 2.45) is 0 Å². The zero-order valence-corrected chi connectivity index (χ0v) is 6.91. The molecule has 3 nitrogen and oxygen atoms in total. The molecule has 0 spiro atoms. The SMILES string of the molecule is COCC(=O)c1ccc(N)cc1. The third-order valence-electron chi connectivity index (χ3n) is 1.51. The van der Waals surface area contributed by atoms with E-state index in [9.17, 15) is 4.79 Å². The Morgan fingerprint density at radius 2 is 2.00 bits per heavy atom. The molecule has 12 heavy (non-hydrogen) atoms. The number of hydrogen-bond donors (Lipinski definition) is 1. The molecule has 64 valence electrons. The minimum Gasteiger partial charge on any atom is -0.399 e. The summed E-state index contributed by atoms with van der Waals surface area (Å²) in [6, 6.07) is 6.78. The third kappa shape index (κ3) is 2.07. The monoisotopic (exact) mass is 165 g/mol. The van der Waals surface area contributed by atoms with Crippen LogP contribution in [-0.2, 0) is 4.74 Å². The molecule has 0 heterocycles. The molecule has 1 rings (SSSR count). The van der Waals surface area contributed by atoms with Gasteiger partial charge in [-0.15, -0.1) is 0 Å². The molecule has 0 fully saturated rings. The number of hydrogen-bond acceptors (Lipinski definition) is 3. The molecule has 0 aromatic heterocycles. The number of methoxy groups -OCH3 is 1. The van der Waals surface area contributed by atoms with Crippen molar-refractivity contribution in [3.05, 3.63) is 29.8 Å². The van der Waals surface area contributed by atoms with Crippen LogP contribution < -0.4 is 5.73 Å². The number of ketones is 1. The van der Waals surface area contributed by atoms with Crippen molar-refractivity contribution in [2.45, 2.75) is 0 Å². The Balaban J connectivity index is 2.75. The highest BCUT2D eigenvalue weighted by molar-refractivity contribution is 5.97. The second kappa shape index (κ2) is 3.88. The molecular weight excluding hydrogens is 154 g/mol. The van der Waals surface area contributed by atoms with Crippen molar-refractivity contribution in [3.8, 4) is 0 Å². The van der Waals surface area contributed by atoms with Gasteiger partial charge < -0.3 is 10.5 Å². The lowest BCUT2D eigenvalue weighted by atomic mass is 10.1. The van der Waals surface area contributed by atoms with Crippen LogP contribution in [-0.4, -0.2) is 19.5 Å². The molecule has 0 radical (unpaired) electrons. The summed E-state index contributed by atoms with van der Waals surface area (Å²) in [6.45, 7) is 0.115. The molecule has 2 N–H and O–H groups in total. The Morgan fingerprint density at radius 1 is 1.42 bits per heavy atom. The van der Waals surface area contributed by atoms with Crippen LogP contribution in [0.15, 0.2) is 24.3 Å². The van der Waals surface area contributed by atoms with Crippen LogP contribution in [0.3, 0.4) is 0 Å². The van der Waals surface area contributed by atoms with Crippen LogP contribution >= 0.6 is 0 Å². The predicted octanol–water partition coefficient (Wildman–Crippen LogP) is 1.10. The summed E-state index contributed by atoms with van der Waals surface area (Å²) in [5.74, 6) is -0.0301. The lowest BCUT2D eigenvalue weighted by Crippen LogP contribution is -2.06. The van der Waals surface area contributed by atoms with Crippen molar-refractivity contribution >= 4 is 11.5 Å². The Hall–Kier alpha value is -1.35. The van der Waals surface area contributed by atoms with E-state index in [1.807, 2.05) is 0 Å². The van der Waals surface area contributed by atoms with E-state index < -0.39 is 0 Å². The van der Waals surface area contributed by atoms with E-state index in [-0.39, 0.29) is 12.4 Å². The number of nitrogen functional groups attached to an aromatic ring is 1. The van der Waals surface area contributed by atoms with Gasteiger partial charge in [-0.2, -0.15) is 0 Å². The fourth-order valence-corrected chi connectivity index (χ4v) is 0.883. The van der Waals surface area contributed by atoms with Gasteiger partial charge in [0.1, 0.15) is 6.61 Å². The van der Waals surface area contributed by atoms with Gasteiger partial charge >= 0.3 is 0 Å². The summed E-state index contributed by atoms with van der Waals surface area (Å²) in [4.78, 5) is 11.2. The van der Waals surface area contributed by atoms with Crippen LogP contribution in [0.2, 0.25) is 0 Å². The van der Waals surface area contributed by atoms with Crippen molar-refractivity contribution < 1.29 is 9.53 Å². The van der Waals surface area contributed by atoms with E-state index in [0.717, 1.165) is 0 Å². The zero-order valence-electron chi connectivity index (χ0n) is 6.91. The largest absolute Gasteiger partial charge is 0.399 e. The maximum absolute atomic E-state index is 11.2. The molecule has 3 heteroatoms. The van der Waals surface area contributed by atoms with Gasteiger partial charge in [0.25, 0.3) is 0 Å². The van der Waals surface area contributed by atoms with Crippen LogP contribution in [0.5, 0.6) is 0 Å². The van der Waals surface area contributed by atoms with Crippen LogP contribution in [0.1, 0.15) is 10.4 Å². The number of rotatable bonds is 3.